The first-order valence-corrected chi connectivity index (χ1v) is 9.92. The molecular formula is C20H28N4O3. The topological polar surface area (TPSA) is 79.1 Å². The zero-order valence-corrected chi connectivity index (χ0v) is 15.6. The first-order valence-electron chi connectivity index (χ1n) is 9.92. The molecule has 7 nitrogen and oxygen atoms in total. The van der Waals surface area contributed by atoms with Gasteiger partial charge >= 0.3 is 0 Å². The van der Waals surface area contributed by atoms with Gasteiger partial charge < -0.3 is 20.3 Å². The molecule has 3 atom stereocenters. The molecule has 1 unspecified atom stereocenters. The first-order chi connectivity index (χ1) is 13.2. The van der Waals surface area contributed by atoms with Crippen LogP contribution in [0.5, 0.6) is 0 Å². The Hall–Kier alpha value is -1.96. The van der Waals surface area contributed by atoms with Crippen molar-refractivity contribution in [3.8, 4) is 0 Å². The van der Waals surface area contributed by atoms with E-state index in [1.165, 1.54) is 0 Å². The molecule has 146 valence electrons. The Kier molecular flexibility index (Phi) is 5.43. The van der Waals surface area contributed by atoms with Gasteiger partial charge in [-0.15, -0.1) is 0 Å². The molecule has 0 aliphatic carbocycles. The van der Waals surface area contributed by atoms with E-state index < -0.39 is 0 Å². The van der Waals surface area contributed by atoms with E-state index in [0.717, 1.165) is 44.6 Å². The molecule has 27 heavy (non-hydrogen) atoms. The molecule has 3 saturated heterocycles. The zero-order chi connectivity index (χ0) is 18.8. The molecule has 0 radical (unpaired) electrons. The summed E-state index contributed by atoms with van der Waals surface area (Å²) in [6, 6.07) is 9.76. The normalized spacial score (nSPS) is 29.5. The Morgan fingerprint density at radius 3 is 2.44 bits per heavy atom. The molecule has 0 aromatic heterocycles. The summed E-state index contributed by atoms with van der Waals surface area (Å²) in [5, 5.41) is 0. The number of amides is 2. The summed E-state index contributed by atoms with van der Waals surface area (Å²) in [4.78, 5) is 31.5. The van der Waals surface area contributed by atoms with Gasteiger partial charge in [0.05, 0.1) is 12.1 Å². The monoisotopic (exact) mass is 372 g/mol. The van der Waals surface area contributed by atoms with E-state index in [9.17, 15) is 9.59 Å². The molecule has 3 aliphatic rings. The predicted octanol–water partition coefficient (Wildman–Crippen LogP) is 0.442. The van der Waals surface area contributed by atoms with E-state index >= 15 is 0 Å². The minimum Gasteiger partial charge on any atom is -0.364 e. The number of carbonyl (C=O) groups excluding carboxylic acids is 2. The van der Waals surface area contributed by atoms with Crippen LogP contribution in [-0.2, 0) is 14.3 Å². The van der Waals surface area contributed by atoms with Gasteiger partial charge in [-0.05, 0) is 31.4 Å². The van der Waals surface area contributed by atoms with Crippen LogP contribution in [0.2, 0.25) is 0 Å². The molecule has 0 saturated carbocycles. The highest BCUT2D eigenvalue weighted by Crippen LogP contribution is 2.26. The number of rotatable bonds is 4. The number of hydrogen-bond acceptors (Lipinski definition) is 5. The van der Waals surface area contributed by atoms with Crippen molar-refractivity contribution in [3.63, 3.8) is 0 Å². The Morgan fingerprint density at radius 1 is 1.04 bits per heavy atom. The van der Waals surface area contributed by atoms with Gasteiger partial charge in [0.25, 0.3) is 5.91 Å². The number of para-hydroxylation sites is 1. The SMILES string of the molecule is NC[C@H]1CC[C@@H](C(=O)N2CCN(C3CCN(c4ccccc4)C3=O)CC2)O1. The van der Waals surface area contributed by atoms with Crippen LogP contribution in [-0.4, -0.2) is 79.1 Å². The molecule has 7 heteroatoms. The van der Waals surface area contributed by atoms with Crippen molar-refractivity contribution < 1.29 is 14.3 Å². The van der Waals surface area contributed by atoms with E-state index in [0.29, 0.717) is 19.6 Å². The Bertz CT molecular complexity index is 675. The summed E-state index contributed by atoms with van der Waals surface area (Å²) in [6.45, 7) is 4.00. The minimum atomic E-state index is -0.341. The third kappa shape index (κ3) is 3.72. The van der Waals surface area contributed by atoms with Gasteiger partial charge in [0.1, 0.15) is 6.10 Å². The van der Waals surface area contributed by atoms with Gasteiger partial charge in [0.2, 0.25) is 5.91 Å². The lowest BCUT2D eigenvalue weighted by molar-refractivity contribution is -0.145. The van der Waals surface area contributed by atoms with Crippen molar-refractivity contribution in [2.24, 2.45) is 5.73 Å². The highest BCUT2D eigenvalue weighted by atomic mass is 16.5. The van der Waals surface area contributed by atoms with Gasteiger partial charge in [-0.1, -0.05) is 18.2 Å². The number of benzene rings is 1. The highest BCUT2D eigenvalue weighted by molar-refractivity contribution is 5.99. The van der Waals surface area contributed by atoms with Gasteiger partial charge in [-0.2, -0.15) is 0 Å². The lowest BCUT2D eigenvalue weighted by atomic mass is 10.1. The summed E-state index contributed by atoms with van der Waals surface area (Å²) in [5.41, 5.74) is 6.60. The van der Waals surface area contributed by atoms with Crippen LogP contribution < -0.4 is 10.6 Å². The van der Waals surface area contributed by atoms with Crippen LogP contribution in [0.1, 0.15) is 19.3 Å². The van der Waals surface area contributed by atoms with Crippen molar-refractivity contribution in [2.75, 3.05) is 44.2 Å². The molecule has 3 heterocycles. The third-order valence-corrected chi connectivity index (χ3v) is 5.96. The van der Waals surface area contributed by atoms with Gasteiger partial charge in [-0.3, -0.25) is 14.5 Å². The summed E-state index contributed by atoms with van der Waals surface area (Å²) < 4.78 is 5.74. The number of nitrogens with two attached hydrogens (primary N) is 1. The van der Waals surface area contributed by atoms with Crippen LogP contribution in [0.4, 0.5) is 5.69 Å². The van der Waals surface area contributed by atoms with Crippen LogP contribution in [0.15, 0.2) is 30.3 Å². The second kappa shape index (κ2) is 7.96. The van der Waals surface area contributed by atoms with Crippen molar-refractivity contribution in [1.82, 2.24) is 9.80 Å². The van der Waals surface area contributed by atoms with Crippen molar-refractivity contribution in [2.45, 2.75) is 37.5 Å². The molecule has 0 spiro atoms. The Morgan fingerprint density at radius 2 is 1.78 bits per heavy atom. The van der Waals surface area contributed by atoms with Crippen molar-refractivity contribution in [3.05, 3.63) is 30.3 Å². The first kappa shape index (κ1) is 18.4. The average molecular weight is 372 g/mol. The maximum atomic E-state index is 12.9. The molecule has 1 aromatic carbocycles. The zero-order valence-electron chi connectivity index (χ0n) is 15.6. The van der Waals surface area contributed by atoms with Crippen LogP contribution in [0.25, 0.3) is 0 Å². The molecule has 1 aromatic rings. The van der Waals surface area contributed by atoms with E-state index in [4.69, 9.17) is 10.5 Å². The summed E-state index contributed by atoms with van der Waals surface area (Å²) >= 11 is 0. The van der Waals surface area contributed by atoms with Gasteiger partial charge in [0.15, 0.2) is 0 Å². The molecule has 3 aliphatic heterocycles. The summed E-state index contributed by atoms with van der Waals surface area (Å²) in [6.07, 6.45) is 2.13. The number of nitrogens with zero attached hydrogens (tertiary/aromatic N) is 3. The van der Waals surface area contributed by atoms with Gasteiger partial charge in [0, 0.05) is 45.0 Å². The maximum Gasteiger partial charge on any atom is 0.251 e. The predicted molar refractivity (Wildman–Crippen MR) is 102 cm³/mol. The Balaban J connectivity index is 1.31. The molecule has 0 bridgehead atoms. The molecule has 2 N–H and O–H groups in total. The molecule has 3 fully saturated rings. The van der Waals surface area contributed by atoms with Crippen molar-refractivity contribution >= 4 is 17.5 Å². The highest BCUT2D eigenvalue weighted by Gasteiger charge is 2.39. The summed E-state index contributed by atoms with van der Waals surface area (Å²) in [7, 11) is 0. The smallest absolute Gasteiger partial charge is 0.251 e. The van der Waals surface area contributed by atoms with Crippen LogP contribution >= 0.6 is 0 Å². The molecule has 2 amide bonds. The number of ether oxygens (including phenoxy) is 1. The van der Waals surface area contributed by atoms with E-state index in [1.807, 2.05) is 40.1 Å². The standard InChI is InChI=1S/C20H28N4O3/c21-14-16-6-7-18(27-16)20(26)23-12-10-22(11-13-23)17-8-9-24(19(17)25)15-4-2-1-3-5-15/h1-5,16-18H,6-14,21H2/t16-,17?,18+/m1/s1. The fourth-order valence-corrected chi connectivity index (χ4v) is 4.39. The van der Waals surface area contributed by atoms with Gasteiger partial charge in [-0.25, -0.2) is 0 Å². The fourth-order valence-electron chi connectivity index (χ4n) is 4.39. The number of carbonyl (C=O) groups is 2. The quantitative estimate of drug-likeness (QED) is 0.830. The number of anilines is 1. The third-order valence-electron chi connectivity index (χ3n) is 5.96. The van der Waals surface area contributed by atoms with Crippen LogP contribution in [0, 0.1) is 0 Å². The second-order valence-electron chi connectivity index (χ2n) is 7.55. The Labute approximate surface area is 160 Å². The summed E-state index contributed by atoms with van der Waals surface area (Å²) in [5.74, 6) is 0.250. The largest absolute Gasteiger partial charge is 0.364 e. The second-order valence-corrected chi connectivity index (χ2v) is 7.55. The lowest BCUT2D eigenvalue weighted by Gasteiger charge is -2.38. The molecule has 4 rings (SSSR count). The van der Waals surface area contributed by atoms with Crippen LogP contribution in [0.3, 0.4) is 0 Å². The van der Waals surface area contributed by atoms with E-state index in [2.05, 4.69) is 4.90 Å². The van der Waals surface area contributed by atoms with E-state index in [-0.39, 0.29) is 30.1 Å². The average Bonchev–Trinajstić information content (AvgIpc) is 3.35. The van der Waals surface area contributed by atoms with E-state index in [1.54, 1.807) is 0 Å². The van der Waals surface area contributed by atoms with Crippen molar-refractivity contribution in [1.29, 1.82) is 0 Å². The minimum absolute atomic E-state index is 0.0142. The molecular weight excluding hydrogens is 344 g/mol. The number of piperazine rings is 1. The maximum absolute atomic E-state index is 12.9. The number of hydrogen-bond donors (Lipinski definition) is 1. The fraction of sp³-hybridized carbons (Fsp3) is 0.600. The lowest BCUT2D eigenvalue weighted by Crippen LogP contribution is -2.55.